The molecule has 1 aliphatic heterocycles. The van der Waals surface area contributed by atoms with E-state index in [-0.39, 0.29) is 38.3 Å². The van der Waals surface area contributed by atoms with Crippen LogP contribution in [-0.4, -0.2) is 9.55 Å². The minimum Gasteiger partial charge on any atom is -0.509 e. The van der Waals surface area contributed by atoms with E-state index in [1.807, 2.05) is 17.5 Å². The van der Waals surface area contributed by atoms with Crippen molar-refractivity contribution in [2.75, 3.05) is 9.80 Å². The summed E-state index contributed by atoms with van der Waals surface area (Å²) in [5.41, 5.74) is 24.6. The molecule has 5 nitrogen and oxygen atoms in total. The van der Waals surface area contributed by atoms with Crippen LogP contribution in [0.15, 0.2) is 164 Å². The number of ether oxygens (including phenoxy) is 1. The summed E-state index contributed by atoms with van der Waals surface area (Å²) in [6.07, 6.45) is 1.94. The Hall–Kier alpha value is -7.76. The van der Waals surface area contributed by atoms with Crippen LogP contribution in [0.5, 0.6) is 11.5 Å². The van der Waals surface area contributed by atoms with Gasteiger partial charge in [-0.05, 0) is 156 Å². The smallest absolute Gasteiger partial charge is 0.135 e. The van der Waals surface area contributed by atoms with E-state index in [2.05, 4.69) is 281 Å². The zero-order valence-corrected chi connectivity index (χ0v) is 52.8. The largest absolute Gasteiger partial charge is 0.509 e. The van der Waals surface area contributed by atoms with Crippen molar-refractivity contribution in [3.8, 4) is 50.7 Å². The Morgan fingerprint density at radius 2 is 1.14 bits per heavy atom. The normalized spacial score (nSPS) is 12.7. The molecule has 9 aromatic carbocycles. The van der Waals surface area contributed by atoms with Gasteiger partial charge in [0.1, 0.15) is 5.82 Å². The Bertz CT molecular complexity index is 4400. The van der Waals surface area contributed by atoms with Gasteiger partial charge in [-0.25, -0.2) is 4.98 Å². The number of aryl methyl sites for hydroxylation is 6. The number of nitrogens with zero attached hydrogens (tertiary/aromatic N) is 4. The summed E-state index contributed by atoms with van der Waals surface area (Å²) in [7, 11) is 0. The quantitative estimate of drug-likeness (QED) is 0.128. The third-order valence-electron chi connectivity index (χ3n) is 16.8. The number of pyridine rings is 1. The molecule has 4 heterocycles. The first-order valence-corrected chi connectivity index (χ1v) is 29.7. The van der Waals surface area contributed by atoms with E-state index in [4.69, 9.17) is 9.72 Å². The van der Waals surface area contributed by atoms with Crippen LogP contribution in [0.2, 0.25) is 0 Å². The van der Waals surface area contributed by atoms with E-state index in [0.29, 0.717) is 11.5 Å². The van der Waals surface area contributed by atoms with Crippen molar-refractivity contribution in [3.63, 3.8) is 0 Å². The van der Waals surface area contributed by atoms with Crippen molar-refractivity contribution >= 4 is 76.1 Å². The van der Waals surface area contributed by atoms with Crippen LogP contribution in [0.1, 0.15) is 110 Å². The first-order chi connectivity index (χ1) is 39.4. The van der Waals surface area contributed by atoms with Gasteiger partial charge in [-0.15, -0.1) is 65.0 Å². The molecule has 0 atom stereocenters. The number of aromatic nitrogens is 2. The Kier molecular flexibility index (Phi) is 14.4. The number of anilines is 4. The third-order valence-corrected chi connectivity index (χ3v) is 18.0. The summed E-state index contributed by atoms with van der Waals surface area (Å²) < 4.78 is 12.1. The van der Waals surface area contributed by atoms with Crippen LogP contribution >= 0.6 is 11.3 Å². The van der Waals surface area contributed by atoms with E-state index >= 15 is 0 Å². The molecule has 12 aromatic rings. The minimum atomic E-state index is -0.0797. The van der Waals surface area contributed by atoms with Crippen molar-refractivity contribution < 1.29 is 25.8 Å². The van der Waals surface area contributed by atoms with Crippen molar-refractivity contribution in [3.05, 3.63) is 233 Å². The van der Waals surface area contributed by atoms with Crippen LogP contribution in [0, 0.1) is 60.3 Å². The van der Waals surface area contributed by atoms with Crippen LogP contribution in [-0.2, 0) is 26.5 Å². The molecule has 0 radical (unpaired) electrons. The van der Waals surface area contributed by atoms with Gasteiger partial charge in [0.05, 0.1) is 0 Å². The van der Waals surface area contributed by atoms with E-state index in [1.165, 1.54) is 103 Å². The molecule has 1 aliphatic rings. The maximum atomic E-state index is 7.28. The van der Waals surface area contributed by atoms with Crippen molar-refractivity contribution in [1.29, 1.82) is 0 Å². The molecule has 13 rings (SSSR count). The summed E-state index contributed by atoms with van der Waals surface area (Å²) in [5, 5.41) is 4.82. The third kappa shape index (κ3) is 9.66. The van der Waals surface area contributed by atoms with Gasteiger partial charge >= 0.3 is 0 Å². The predicted octanol–water partition coefficient (Wildman–Crippen LogP) is 21.7. The fraction of sp³-hybridized carbons (Fsp3) is 0.211. The van der Waals surface area contributed by atoms with Crippen LogP contribution in [0.25, 0.3) is 81.2 Å². The fourth-order valence-electron chi connectivity index (χ4n) is 13.3. The van der Waals surface area contributed by atoms with E-state index < -0.39 is 0 Å². The van der Waals surface area contributed by atoms with Crippen LogP contribution in [0.3, 0.4) is 0 Å². The zero-order valence-electron chi connectivity index (χ0n) is 49.7. The molecule has 0 bridgehead atoms. The second-order valence-electron chi connectivity index (χ2n) is 24.4. The summed E-state index contributed by atoms with van der Waals surface area (Å²) in [6, 6.07) is 65.9. The van der Waals surface area contributed by atoms with E-state index in [9.17, 15) is 0 Å². The zero-order chi connectivity index (χ0) is 57.0. The summed E-state index contributed by atoms with van der Waals surface area (Å²) >= 11 is 1.85. The van der Waals surface area contributed by atoms with Gasteiger partial charge in [0.15, 0.2) is 0 Å². The first kappa shape index (κ1) is 55.8. The molecule has 0 unspecified atom stereocenters. The monoisotopic (exact) mass is 1280 g/mol. The molecule has 0 saturated carbocycles. The number of hydrogen-bond acceptors (Lipinski definition) is 5. The van der Waals surface area contributed by atoms with E-state index in [0.717, 1.165) is 50.6 Å². The molecule has 83 heavy (non-hydrogen) atoms. The van der Waals surface area contributed by atoms with Gasteiger partial charge in [-0.1, -0.05) is 162 Å². The topological polar surface area (TPSA) is 33.5 Å². The van der Waals surface area contributed by atoms with E-state index in [1.54, 1.807) is 0 Å². The number of fused-ring (bicyclic) bond motifs is 8. The maximum absolute atomic E-state index is 7.28. The first-order valence-electron chi connectivity index (χ1n) is 28.9. The molecule has 418 valence electrons. The molecule has 3 aromatic heterocycles. The van der Waals surface area contributed by atoms with Crippen molar-refractivity contribution in [1.82, 2.24) is 9.55 Å². The number of benzene rings is 9. The van der Waals surface area contributed by atoms with Gasteiger partial charge in [0.25, 0.3) is 0 Å². The second kappa shape index (κ2) is 21.5. The maximum Gasteiger partial charge on any atom is 0.135 e. The summed E-state index contributed by atoms with van der Waals surface area (Å²) in [5.74, 6) is 2.58. The molecule has 0 spiro atoms. The van der Waals surface area contributed by atoms with Crippen molar-refractivity contribution in [2.45, 2.75) is 107 Å². The Morgan fingerprint density at radius 3 is 1.77 bits per heavy atom. The SMILES string of the molecule is Cc1cc(C)c(-c2cccc(-c3c(C)cc(C)cc3C)c2N2[CH-]N(c3[c-]c(Oc4[c-]c5c(cc4)c4c6sc7ccccc7c6ccc4n5-c4cc(C(C)(C)C)ccn4)cc(-c4c(C(C)C)cccc4C(C)C)c3)c3ccccc32)c(C)c1.[Pt]. The van der Waals surface area contributed by atoms with Gasteiger partial charge in [-0.3, -0.25) is 0 Å². The molecule has 7 heteroatoms. The van der Waals surface area contributed by atoms with Gasteiger partial charge < -0.3 is 19.1 Å². The number of thiophene rings is 1. The minimum absolute atomic E-state index is 0. The van der Waals surface area contributed by atoms with Gasteiger partial charge in [0, 0.05) is 92.6 Å². The molecule has 0 amide bonds. The Morgan fingerprint density at radius 1 is 0.554 bits per heavy atom. The number of hydrogen-bond donors (Lipinski definition) is 0. The molecule has 0 saturated heterocycles. The van der Waals surface area contributed by atoms with Crippen LogP contribution in [0.4, 0.5) is 22.7 Å². The molecule has 0 aliphatic carbocycles. The number of rotatable bonds is 10. The van der Waals surface area contributed by atoms with Gasteiger partial charge in [-0.2, -0.15) is 6.07 Å². The van der Waals surface area contributed by atoms with Gasteiger partial charge in [0.2, 0.25) is 0 Å². The second-order valence-corrected chi connectivity index (χ2v) is 25.5. The van der Waals surface area contributed by atoms with Crippen LogP contribution < -0.4 is 14.5 Å². The van der Waals surface area contributed by atoms with Crippen molar-refractivity contribution in [2.24, 2.45) is 0 Å². The number of para-hydroxylation sites is 3. The molecular formula is C76H69N4OPtS-3. The average Bonchev–Trinajstić information content (AvgIpc) is 2.05. The summed E-state index contributed by atoms with van der Waals surface area (Å²) in [6.45, 7) is 31.6. The fourth-order valence-corrected chi connectivity index (χ4v) is 14.5. The molecular weight excluding hydrogens is 1210 g/mol. The summed E-state index contributed by atoms with van der Waals surface area (Å²) in [4.78, 5) is 9.82. The standard InChI is InChI=1S/C76H69N4OS.Pt/c1-44(2)57-21-18-22-58(45(3)4)72(57)52-38-54(78-43-79(65-26-16-15-25-64(65)78)74-62(70-48(7)34-46(5)35-49(70)8)23-19-24-63(74)71-50(9)36-47(6)37-51(71)10)41-56(39-52)81-55-28-29-61-67(42-55)80(69-40-53(32-33-77-69)76(11,12)13)66-31-30-60-59-20-14-17-27-68(59)82-75(60)73(61)66;/h14-40,43-45H,1-13H3;/q-3;. The molecule has 0 fully saturated rings. The average molecular weight is 1280 g/mol. The Balaban J connectivity index is 0.00000680. The molecule has 0 N–H and O–H groups in total. The Labute approximate surface area is 508 Å². The predicted molar refractivity (Wildman–Crippen MR) is 349 cm³/mol.